The number of phenols is 1. The van der Waals surface area contributed by atoms with Crippen LogP contribution in [0.4, 0.5) is 11.4 Å². The molecular formula is C33H30N2O4. The Labute approximate surface area is 228 Å². The van der Waals surface area contributed by atoms with Crippen LogP contribution in [0.3, 0.4) is 0 Å². The van der Waals surface area contributed by atoms with E-state index in [9.17, 15) is 20.3 Å². The van der Waals surface area contributed by atoms with Crippen molar-refractivity contribution >= 4 is 29.6 Å². The minimum absolute atomic E-state index is 0.0618. The molecule has 0 saturated carbocycles. The van der Waals surface area contributed by atoms with Crippen molar-refractivity contribution in [1.82, 2.24) is 0 Å². The number of para-hydroxylation sites is 1. The van der Waals surface area contributed by atoms with E-state index in [1.165, 1.54) is 18.2 Å². The van der Waals surface area contributed by atoms with E-state index in [0.717, 1.165) is 27.9 Å². The molecule has 1 atom stereocenters. The molecule has 39 heavy (non-hydrogen) atoms. The van der Waals surface area contributed by atoms with Crippen molar-refractivity contribution in [3.05, 3.63) is 141 Å². The highest BCUT2D eigenvalue weighted by atomic mass is 16.6. The molecule has 1 unspecified atom stereocenters. The summed E-state index contributed by atoms with van der Waals surface area (Å²) in [4.78, 5) is 12.7. The molecule has 1 aliphatic heterocycles. The van der Waals surface area contributed by atoms with Crippen LogP contribution in [-0.4, -0.2) is 20.9 Å². The molecule has 0 fully saturated rings. The molecule has 1 aliphatic rings. The smallest absolute Gasteiger partial charge is 0.270 e. The Morgan fingerprint density at radius 2 is 1.41 bits per heavy atom. The summed E-state index contributed by atoms with van der Waals surface area (Å²) in [6.45, 7) is 4.03. The predicted octanol–water partition coefficient (Wildman–Crippen LogP) is 7.17. The van der Waals surface area contributed by atoms with E-state index in [0.29, 0.717) is 5.56 Å². The van der Waals surface area contributed by atoms with Crippen molar-refractivity contribution in [2.75, 3.05) is 4.90 Å². The third-order valence-electron chi connectivity index (χ3n) is 7.51. The summed E-state index contributed by atoms with van der Waals surface area (Å²) < 4.78 is 0. The number of aromatic hydroxyl groups is 1. The molecule has 0 spiro atoms. The van der Waals surface area contributed by atoms with Gasteiger partial charge in [-0.1, -0.05) is 105 Å². The number of hydrogen-bond acceptors (Lipinski definition) is 5. The van der Waals surface area contributed by atoms with Gasteiger partial charge in [0.1, 0.15) is 5.75 Å². The van der Waals surface area contributed by atoms with E-state index in [2.05, 4.69) is 24.3 Å². The van der Waals surface area contributed by atoms with Gasteiger partial charge in [0.2, 0.25) is 0 Å². The Hall–Kier alpha value is -4.68. The molecular weight excluding hydrogens is 488 g/mol. The van der Waals surface area contributed by atoms with Crippen molar-refractivity contribution in [2.24, 2.45) is 0 Å². The van der Waals surface area contributed by atoms with Gasteiger partial charge in [-0.25, -0.2) is 0 Å². The number of nitro benzene ring substituents is 1. The average Bonchev–Trinajstić information content (AvgIpc) is 3.11. The Morgan fingerprint density at radius 3 is 2.08 bits per heavy atom. The highest BCUT2D eigenvalue weighted by Crippen LogP contribution is 2.52. The third-order valence-corrected chi connectivity index (χ3v) is 7.51. The Balaban J connectivity index is 1.47. The minimum atomic E-state index is -1.47. The largest absolute Gasteiger partial charge is 0.508 e. The van der Waals surface area contributed by atoms with Crippen molar-refractivity contribution in [3.8, 4) is 5.75 Å². The number of phenolic OH excluding ortho intramolecular Hbond substituents is 1. The summed E-state index contributed by atoms with van der Waals surface area (Å²) in [6.07, 6.45) is 7.78. The number of anilines is 1. The van der Waals surface area contributed by atoms with E-state index in [-0.39, 0.29) is 18.0 Å². The summed E-state index contributed by atoms with van der Waals surface area (Å²) >= 11 is 0. The highest BCUT2D eigenvalue weighted by molar-refractivity contribution is 5.71. The molecule has 5 rings (SSSR count). The minimum Gasteiger partial charge on any atom is -0.508 e. The summed E-state index contributed by atoms with van der Waals surface area (Å²) in [5.74, 6) is -0.0618. The molecule has 0 saturated heterocycles. The SMILES string of the molecule is CC1(C)c2ccccc2N(Cc2cc([N+](=O)[O-])ccc2O)C1(O)/C=C/c1ccc(/C=C/c2ccccc2)cc1. The fourth-order valence-corrected chi connectivity index (χ4v) is 5.13. The van der Waals surface area contributed by atoms with Gasteiger partial charge in [-0.15, -0.1) is 0 Å². The van der Waals surface area contributed by atoms with Gasteiger partial charge >= 0.3 is 0 Å². The van der Waals surface area contributed by atoms with E-state index in [1.54, 1.807) is 11.0 Å². The predicted molar refractivity (Wildman–Crippen MR) is 156 cm³/mol. The molecule has 1 heterocycles. The van der Waals surface area contributed by atoms with Crippen LogP contribution in [0.25, 0.3) is 18.2 Å². The summed E-state index contributed by atoms with van der Waals surface area (Å²) in [5, 5.41) is 34.2. The van der Waals surface area contributed by atoms with E-state index in [1.807, 2.05) is 86.7 Å². The normalized spacial score (nSPS) is 18.1. The standard InChI is InChI=1S/C33H30N2O4/c1-32(2)29-10-6-7-11-30(29)34(23-27-22-28(35(38)39)18-19-31(27)36)33(32,37)21-20-26-16-14-25(15-17-26)13-12-24-8-4-3-5-9-24/h3-22,36-37H,23H2,1-2H3/b13-12+,21-20+. The third kappa shape index (κ3) is 4.94. The Kier molecular flexibility index (Phi) is 6.81. The zero-order chi connectivity index (χ0) is 27.6. The van der Waals surface area contributed by atoms with Crippen molar-refractivity contribution < 1.29 is 15.1 Å². The number of hydrogen-bond donors (Lipinski definition) is 2. The van der Waals surface area contributed by atoms with Gasteiger partial charge in [0.25, 0.3) is 5.69 Å². The van der Waals surface area contributed by atoms with Crippen molar-refractivity contribution in [1.29, 1.82) is 0 Å². The van der Waals surface area contributed by atoms with Gasteiger partial charge in [-0.2, -0.15) is 0 Å². The molecule has 196 valence electrons. The van der Waals surface area contributed by atoms with Gasteiger partial charge in [-0.05, 0) is 40.5 Å². The lowest BCUT2D eigenvalue weighted by Crippen LogP contribution is -2.54. The number of benzene rings is 4. The van der Waals surface area contributed by atoms with Crippen LogP contribution in [0.1, 0.15) is 41.7 Å². The van der Waals surface area contributed by atoms with Gasteiger partial charge in [0.05, 0.1) is 4.92 Å². The maximum absolute atomic E-state index is 12.3. The van der Waals surface area contributed by atoms with Gasteiger partial charge in [0.15, 0.2) is 5.72 Å². The number of aliphatic hydroxyl groups is 1. The Bertz CT molecular complexity index is 1560. The summed E-state index contributed by atoms with van der Waals surface area (Å²) in [5.41, 5.74) is 2.92. The van der Waals surface area contributed by atoms with Crippen LogP contribution in [0, 0.1) is 10.1 Å². The van der Waals surface area contributed by atoms with Crippen molar-refractivity contribution in [3.63, 3.8) is 0 Å². The molecule has 2 N–H and O–H groups in total. The molecule has 0 bridgehead atoms. The Morgan fingerprint density at radius 1 is 0.821 bits per heavy atom. The maximum atomic E-state index is 12.3. The topological polar surface area (TPSA) is 86.8 Å². The zero-order valence-corrected chi connectivity index (χ0v) is 21.9. The first-order valence-electron chi connectivity index (χ1n) is 12.8. The molecule has 0 radical (unpaired) electrons. The maximum Gasteiger partial charge on any atom is 0.270 e. The second kappa shape index (κ2) is 10.2. The quantitative estimate of drug-likeness (QED) is 0.154. The van der Waals surface area contributed by atoms with E-state index < -0.39 is 16.1 Å². The first kappa shape index (κ1) is 25.9. The second-order valence-corrected chi connectivity index (χ2v) is 10.3. The van der Waals surface area contributed by atoms with Crippen LogP contribution in [0.2, 0.25) is 0 Å². The van der Waals surface area contributed by atoms with Crippen LogP contribution < -0.4 is 4.90 Å². The fraction of sp³-hybridized carbons (Fsp3) is 0.152. The first-order valence-corrected chi connectivity index (χ1v) is 12.8. The molecule has 0 amide bonds. The number of rotatable bonds is 7. The van der Waals surface area contributed by atoms with Gasteiger partial charge in [0, 0.05) is 35.3 Å². The lowest BCUT2D eigenvalue weighted by Gasteiger charge is -2.41. The lowest BCUT2D eigenvalue weighted by atomic mass is 9.77. The first-order chi connectivity index (χ1) is 18.7. The van der Waals surface area contributed by atoms with Gasteiger partial charge < -0.3 is 15.1 Å². The zero-order valence-electron chi connectivity index (χ0n) is 21.9. The fourth-order valence-electron chi connectivity index (χ4n) is 5.13. The molecule has 0 aromatic heterocycles. The monoisotopic (exact) mass is 518 g/mol. The summed E-state index contributed by atoms with van der Waals surface area (Å²) in [7, 11) is 0. The average molecular weight is 519 g/mol. The number of non-ortho nitro benzene ring substituents is 1. The molecule has 4 aromatic rings. The molecule has 6 heteroatoms. The number of nitrogens with zero attached hydrogens (tertiary/aromatic N) is 2. The van der Waals surface area contributed by atoms with Crippen LogP contribution in [0.15, 0.2) is 103 Å². The van der Waals surface area contributed by atoms with E-state index in [4.69, 9.17) is 0 Å². The second-order valence-electron chi connectivity index (χ2n) is 10.3. The molecule has 0 aliphatic carbocycles. The molecule has 6 nitrogen and oxygen atoms in total. The summed E-state index contributed by atoms with van der Waals surface area (Å²) in [6, 6.07) is 29.8. The van der Waals surface area contributed by atoms with Crippen LogP contribution >= 0.6 is 0 Å². The highest BCUT2D eigenvalue weighted by Gasteiger charge is 2.54. The number of nitro groups is 1. The van der Waals surface area contributed by atoms with Gasteiger partial charge in [-0.3, -0.25) is 10.1 Å². The van der Waals surface area contributed by atoms with Crippen molar-refractivity contribution in [2.45, 2.75) is 31.5 Å². The molecule has 4 aromatic carbocycles. The van der Waals surface area contributed by atoms with E-state index >= 15 is 0 Å². The number of fused-ring (bicyclic) bond motifs is 1. The van der Waals surface area contributed by atoms with Crippen LogP contribution in [-0.2, 0) is 12.0 Å². The van der Waals surface area contributed by atoms with Crippen LogP contribution in [0.5, 0.6) is 5.75 Å². The lowest BCUT2D eigenvalue weighted by molar-refractivity contribution is -0.384.